The van der Waals surface area contributed by atoms with E-state index in [9.17, 15) is 0 Å². The summed E-state index contributed by atoms with van der Waals surface area (Å²) in [6.45, 7) is 14.0. The van der Waals surface area contributed by atoms with Crippen LogP contribution >= 0.6 is 0 Å². The minimum Gasteiger partial charge on any atom is -0.338 e. The van der Waals surface area contributed by atoms with E-state index in [-0.39, 0.29) is 11.0 Å². The molecule has 3 aromatic carbocycles. The molecule has 1 nitrogen and oxygen atoms in total. The maximum atomic E-state index is 2.46. The number of nitrogens with zero attached hydrogens (tertiary/aromatic N) is 1. The highest BCUT2D eigenvalue weighted by Gasteiger charge is 2.27. The van der Waals surface area contributed by atoms with Crippen LogP contribution in [0.1, 0.15) is 119 Å². The molecule has 0 fully saturated rings. The molecule has 1 aromatic heterocycles. The van der Waals surface area contributed by atoms with E-state index in [1.54, 1.807) is 0 Å². The first-order valence-electron chi connectivity index (χ1n) is 15.7. The van der Waals surface area contributed by atoms with Crippen molar-refractivity contribution >= 4 is 17.0 Å². The van der Waals surface area contributed by atoms with Crippen LogP contribution < -0.4 is 0 Å². The Kier molecular flexibility index (Phi) is 8.41. The average molecular weight is 532 g/mol. The molecule has 0 aliphatic heterocycles. The standard InChI is InChI=1S/C39H49N/c1-7-8-9-10-12-30-16-22-37-33(28-30)24-26-40(37)39(5,6)35-19-17-34(18-20-35)38(3,4)25-23-31-13-11-14-32-27-29(2)15-21-36(31)32/h11,14-22,24,26-28,31H,7-10,12-13,23,25H2,1-6H3. The normalized spacial score (nSPS) is 15.5. The summed E-state index contributed by atoms with van der Waals surface area (Å²) in [7, 11) is 0. The lowest BCUT2D eigenvalue weighted by atomic mass is 9.75. The maximum Gasteiger partial charge on any atom is 0.0640 e. The fourth-order valence-corrected chi connectivity index (χ4v) is 6.71. The molecule has 1 unspecified atom stereocenters. The quantitative estimate of drug-likeness (QED) is 0.170. The Hall–Kier alpha value is -3.06. The molecule has 5 rings (SSSR count). The third-order valence-electron chi connectivity index (χ3n) is 9.57. The van der Waals surface area contributed by atoms with Gasteiger partial charge < -0.3 is 4.57 Å². The van der Waals surface area contributed by atoms with Gasteiger partial charge in [0.2, 0.25) is 0 Å². The molecule has 0 amide bonds. The van der Waals surface area contributed by atoms with Gasteiger partial charge in [-0.05, 0) is 116 Å². The molecule has 0 saturated heterocycles. The molecule has 40 heavy (non-hydrogen) atoms. The first-order chi connectivity index (χ1) is 19.2. The van der Waals surface area contributed by atoms with E-state index in [4.69, 9.17) is 0 Å². The number of benzene rings is 3. The van der Waals surface area contributed by atoms with Crippen molar-refractivity contribution in [1.29, 1.82) is 0 Å². The summed E-state index contributed by atoms with van der Waals surface area (Å²) in [6, 6.07) is 25.9. The first kappa shape index (κ1) is 28.5. The van der Waals surface area contributed by atoms with Crippen molar-refractivity contribution in [3.63, 3.8) is 0 Å². The van der Waals surface area contributed by atoms with Crippen molar-refractivity contribution in [1.82, 2.24) is 4.57 Å². The smallest absolute Gasteiger partial charge is 0.0640 e. The molecule has 0 N–H and O–H groups in total. The van der Waals surface area contributed by atoms with Gasteiger partial charge in [-0.1, -0.05) is 106 Å². The molecule has 4 aromatic rings. The van der Waals surface area contributed by atoms with Gasteiger partial charge in [-0.2, -0.15) is 0 Å². The fraction of sp³-hybridized carbons (Fsp3) is 0.436. The Balaban J connectivity index is 1.28. The van der Waals surface area contributed by atoms with Crippen LogP contribution in [0.3, 0.4) is 0 Å². The lowest BCUT2D eigenvalue weighted by molar-refractivity contribution is 0.428. The molecule has 1 atom stereocenters. The van der Waals surface area contributed by atoms with Gasteiger partial charge in [0.25, 0.3) is 0 Å². The predicted octanol–water partition coefficient (Wildman–Crippen LogP) is 11.1. The van der Waals surface area contributed by atoms with Crippen LogP contribution in [0.5, 0.6) is 0 Å². The Morgan fingerprint density at radius 1 is 0.825 bits per heavy atom. The van der Waals surface area contributed by atoms with Gasteiger partial charge in [0.15, 0.2) is 0 Å². The molecule has 1 heteroatoms. The van der Waals surface area contributed by atoms with Gasteiger partial charge in [-0.25, -0.2) is 0 Å². The molecule has 0 saturated carbocycles. The summed E-state index contributed by atoms with van der Waals surface area (Å²) in [5.74, 6) is 0.622. The second-order valence-corrected chi connectivity index (χ2v) is 13.4. The highest BCUT2D eigenvalue weighted by Crippen LogP contribution is 2.39. The van der Waals surface area contributed by atoms with Gasteiger partial charge in [0.1, 0.15) is 0 Å². The zero-order valence-electron chi connectivity index (χ0n) is 25.8. The van der Waals surface area contributed by atoms with Gasteiger partial charge in [-0.15, -0.1) is 0 Å². The zero-order chi connectivity index (χ0) is 28.3. The Labute approximate surface area is 243 Å². The number of hydrogen-bond acceptors (Lipinski definition) is 0. The fourth-order valence-electron chi connectivity index (χ4n) is 6.71. The van der Waals surface area contributed by atoms with E-state index in [0.29, 0.717) is 5.92 Å². The van der Waals surface area contributed by atoms with E-state index in [1.807, 2.05) is 0 Å². The molecular weight excluding hydrogens is 482 g/mol. The summed E-state index contributed by atoms with van der Waals surface area (Å²) in [6.07, 6.45) is 17.0. The Bertz CT molecular complexity index is 1460. The monoisotopic (exact) mass is 531 g/mol. The summed E-state index contributed by atoms with van der Waals surface area (Å²) in [5.41, 5.74) is 9.90. The van der Waals surface area contributed by atoms with Gasteiger partial charge in [0.05, 0.1) is 5.54 Å². The van der Waals surface area contributed by atoms with Crippen molar-refractivity contribution in [2.24, 2.45) is 0 Å². The van der Waals surface area contributed by atoms with Crippen LogP contribution in [0.15, 0.2) is 79.0 Å². The van der Waals surface area contributed by atoms with Crippen LogP contribution in [0.4, 0.5) is 0 Å². The molecule has 0 radical (unpaired) electrons. The molecule has 0 spiro atoms. The van der Waals surface area contributed by atoms with Crippen molar-refractivity contribution < 1.29 is 0 Å². The summed E-state index contributed by atoms with van der Waals surface area (Å²) in [4.78, 5) is 0. The third-order valence-corrected chi connectivity index (χ3v) is 9.57. The van der Waals surface area contributed by atoms with Crippen molar-refractivity contribution in [3.8, 4) is 0 Å². The summed E-state index contributed by atoms with van der Waals surface area (Å²) < 4.78 is 2.46. The van der Waals surface area contributed by atoms with Crippen molar-refractivity contribution in [2.45, 2.75) is 110 Å². The second-order valence-electron chi connectivity index (χ2n) is 13.4. The minimum atomic E-state index is -0.122. The molecule has 1 heterocycles. The zero-order valence-corrected chi connectivity index (χ0v) is 25.8. The van der Waals surface area contributed by atoms with Crippen molar-refractivity contribution in [3.05, 3.63) is 112 Å². The number of aromatic nitrogens is 1. The lowest BCUT2D eigenvalue weighted by Crippen LogP contribution is -2.27. The number of allylic oxidation sites excluding steroid dienone is 1. The molecule has 1 aliphatic carbocycles. The number of rotatable bonds is 11. The van der Waals surface area contributed by atoms with Crippen LogP contribution in [-0.2, 0) is 17.4 Å². The van der Waals surface area contributed by atoms with E-state index in [2.05, 4.69) is 131 Å². The topological polar surface area (TPSA) is 4.93 Å². The van der Waals surface area contributed by atoms with Gasteiger partial charge in [0, 0.05) is 11.7 Å². The van der Waals surface area contributed by atoms with Crippen LogP contribution in [-0.4, -0.2) is 4.57 Å². The lowest BCUT2D eigenvalue weighted by Gasteiger charge is -2.32. The Morgan fingerprint density at radius 3 is 2.38 bits per heavy atom. The van der Waals surface area contributed by atoms with Crippen LogP contribution in [0, 0.1) is 6.92 Å². The van der Waals surface area contributed by atoms with E-state index >= 15 is 0 Å². The molecule has 210 valence electrons. The van der Waals surface area contributed by atoms with Crippen LogP contribution in [0.25, 0.3) is 17.0 Å². The highest BCUT2D eigenvalue weighted by atomic mass is 15.0. The first-order valence-corrected chi connectivity index (χ1v) is 15.7. The highest BCUT2D eigenvalue weighted by molar-refractivity contribution is 5.81. The van der Waals surface area contributed by atoms with E-state index in [0.717, 1.165) is 6.42 Å². The molecular formula is C39H49N. The largest absolute Gasteiger partial charge is 0.338 e. The third kappa shape index (κ3) is 5.99. The molecule has 1 aliphatic rings. The number of hydrogen-bond donors (Lipinski definition) is 0. The second kappa shape index (κ2) is 11.8. The van der Waals surface area contributed by atoms with Gasteiger partial charge in [-0.3, -0.25) is 0 Å². The summed E-state index contributed by atoms with van der Waals surface area (Å²) >= 11 is 0. The van der Waals surface area contributed by atoms with Crippen molar-refractivity contribution in [2.75, 3.05) is 0 Å². The van der Waals surface area contributed by atoms with Crippen LogP contribution in [0.2, 0.25) is 0 Å². The maximum absolute atomic E-state index is 2.46. The summed E-state index contributed by atoms with van der Waals surface area (Å²) in [5, 5.41) is 1.35. The molecule has 0 bridgehead atoms. The number of fused-ring (bicyclic) bond motifs is 2. The van der Waals surface area contributed by atoms with Gasteiger partial charge >= 0.3 is 0 Å². The number of unbranched alkanes of at least 4 members (excludes halogenated alkanes) is 3. The minimum absolute atomic E-state index is 0.122. The predicted molar refractivity (Wildman–Crippen MR) is 174 cm³/mol. The van der Waals surface area contributed by atoms with E-state index in [1.165, 1.54) is 89.2 Å². The van der Waals surface area contributed by atoms with E-state index < -0.39 is 0 Å². The Morgan fingerprint density at radius 2 is 1.60 bits per heavy atom. The number of aryl methyl sites for hydroxylation is 2. The average Bonchev–Trinajstić information content (AvgIpc) is 3.38. The SMILES string of the molecule is CCCCCCc1ccc2c(ccn2C(C)(C)c2ccc(C(C)(C)CCC3CC=Cc4cc(C)ccc43)cc2)c1.